The first kappa shape index (κ1) is 24.9. The maximum absolute atomic E-state index is 13.6. The number of nitrogens with one attached hydrogen (secondary N) is 1. The van der Waals surface area contributed by atoms with E-state index in [9.17, 15) is 17.6 Å². The van der Waals surface area contributed by atoms with Crippen molar-refractivity contribution in [3.05, 3.63) is 81.7 Å². The Morgan fingerprint density at radius 1 is 1.06 bits per heavy atom. The van der Waals surface area contributed by atoms with Crippen LogP contribution in [0.4, 0.5) is 10.1 Å². The van der Waals surface area contributed by atoms with E-state index in [1.54, 1.807) is 6.92 Å². The predicted molar refractivity (Wildman–Crippen MR) is 138 cm³/mol. The summed E-state index contributed by atoms with van der Waals surface area (Å²) in [5.74, 6) is -0.478. The van der Waals surface area contributed by atoms with Crippen molar-refractivity contribution < 1.29 is 27.1 Å². The first-order chi connectivity index (χ1) is 16.7. The van der Waals surface area contributed by atoms with E-state index in [1.165, 1.54) is 30.3 Å². The van der Waals surface area contributed by atoms with E-state index in [1.807, 2.05) is 24.3 Å². The summed E-state index contributed by atoms with van der Waals surface area (Å²) in [6.45, 7) is 1.81. The molecule has 0 aromatic heterocycles. The Kier molecular flexibility index (Phi) is 7.55. The number of amides is 1. The van der Waals surface area contributed by atoms with E-state index in [0.29, 0.717) is 30.4 Å². The molecule has 1 aliphatic rings. The van der Waals surface area contributed by atoms with Gasteiger partial charge < -0.3 is 9.47 Å². The standard InChI is InChI=1S/C24H21FIN3O5S/c1-16(17-3-2-4-19(26)13-17)27-28-24(30)15-29(20-7-5-18(25)6-8-20)35(31,32)21-9-10-22-23(14-21)34-12-11-33-22/h2-10,13-14H,11-12,15H2,1H3,(H,28,30)/b27-16-. The van der Waals surface area contributed by atoms with Crippen LogP contribution in [0.2, 0.25) is 0 Å². The lowest BCUT2D eigenvalue weighted by atomic mass is 10.1. The first-order valence-corrected chi connectivity index (χ1v) is 13.0. The average Bonchev–Trinajstić information content (AvgIpc) is 2.86. The number of fused-ring (bicyclic) bond motifs is 1. The molecule has 0 bridgehead atoms. The molecule has 1 N–H and O–H groups in total. The number of benzene rings is 3. The molecular weight excluding hydrogens is 588 g/mol. The second kappa shape index (κ2) is 10.6. The lowest BCUT2D eigenvalue weighted by Crippen LogP contribution is -2.39. The van der Waals surface area contributed by atoms with Crippen molar-refractivity contribution in [1.82, 2.24) is 5.43 Å². The Morgan fingerprint density at radius 2 is 1.77 bits per heavy atom. The number of hydrogen-bond acceptors (Lipinski definition) is 6. The zero-order valence-electron chi connectivity index (χ0n) is 18.6. The summed E-state index contributed by atoms with van der Waals surface area (Å²) in [6, 6.07) is 16.6. The Hall–Kier alpha value is -3.19. The molecule has 3 aromatic carbocycles. The van der Waals surface area contributed by atoms with Gasteiger partial charge in [-0.15, -0.1) is 0 Å². The van der Waals surface area contributed by atoms with Gasteiger partial charge >= 0.3 is 0 Å². The van der Waals surface area contributed by atoms with Gasteiger partial charge in [0.25, 0.3) is 15.9 Å². The van der Waals surface area contributed by atoms with Crippen LogP contribution in [0.3, 0.4) is 0 Å². The zero-order chi connectivity index (χ0) is 25.0. The molecule has 0 unspecified atom stereocenters. The number of halogens is 2. The van der Waals surface area contributed by atoms with Crippen LogP contribution in [-0.2, 0) is 14.8 Å². The van der Waals surface area contributed by atoms with E-state index < -0.39 is 28.3 Å². The molecule has 8 nitrogen and oxygen atoms in total. The van der Waals surface area contributed by atoms with Crippen molar-refractivity contribution in [2.24, 2.45) is 5.10 Å². The molecule has 0 radical (unpaired) electrons. The number of hydrazone groups is 1. The van der Waals surface area contributed by atoms with Gasteiger partial charge in [0.2, 0.25) is 0 Å². The fourth-order valence-electron chi connectivity index (χ4n) is 3.32. The van der Waals surface area contributed by atoms with Crippen LogP contribution >= 0.6 is 22.6 Å². The van der Waals surface area contributed by atoms with Gasteiger partial charge in [-0.2, -0.15) is 5.10 Å². The van der Waals surface area contributed by atoms with Crippen LogP contribution in [0.15, 0.2) is 76.7 Å². The van der Waals surface area contributed by atoms with Crippen molar-refractivity contribution in [2.75, 3.05) is 24.1 Å². The quantitative estimate of drug-likeness (QED) is 0.249. The number of sulfonamides is 1. The smallest absolute Gasteiger partial charge is 0.264 e. The number of nitrogens with zero attached hydrogens (tertiary/aromatic N) is 2. The lowest BCUT2D eigenvalue weighted by Gasteiger charge is -2.25. The minimum atomic E-state index is -4.23. The molecule has 0 atom stereocenters. The van der Waals surface area contributed by atoms with Gasteiger partial charge in [-0.1, -0.05) is 12.1 Å². The summed E-state index contributed by atoms with van der Waals surface area (Å²) >= 11 is 2.17. The molecule has 35 heavy (non-hydrogen) atoms. The number of carbonyl (C=O) groups excluding carboxylic acids is 1. The summed E-state index contributed by atoms with van der Waals surface area (Å²) < 4.78 is 53.5. The molecular formula is C24H21FIN3O5S. The molecule has 182 valence electrons. The normalized spacial score (nSPS) is 13.3. The molecule has 0 saturated heterocycles. The molecule has 0 saturated carbocycles. The third-order valence-corrected chi connectivity index (χ3v) is 7.53. The zero-order valence-corrected chi connectivity index (χ0v) is 21.5. The largest absolute Gasteiger partial charge is 0.486 e. The van der Waals surface area contributed by atoms with Crippen LogP contribution in [0.1, 0.15) is 12.5 Å². The fraction of sp³-hybridized carbons (Fsp3) is 0.167. The van der Waals surface area contributed by atoms with Gasteiger partial charge in [-0.05, 0) is 83.6 Å². The Balaban J connectivity index is 1.61. The lowest BCUT2D eigenvalue weighted by molar-refractivity contribution is -0.119. The Labute approximate surface area is 215 Å². The summed E-state index contributed by atoms with van der Waals surface area (Å²) in [6.07, 6.45) is 0. The fourth-order valence-corrected chi connectivity index (χ4v) is 5.30. The van der Waals surface area contributed by atoms with Gasteiger partial charge in [-0.3, -0.25) is 9.10 Å². The molecule has 1 amide bonds. The van der Waals surface area contributed by atoms with Crippen molar-refractivity contribution in [1.29, 1.82) is 0 Å². The SMILES string of the molecule is C/C(=N/NC(=O)CN(c1ccc(F)cc1)S(=O)(=O)c1ccc2c(c1)OCCO2)c1cccc(I)c1. The molecule has 0 spiro atoms. The minimum absolute atomic E-state index is 0.0996. The topological polar surface area (TPSA) is 97.3 Å². The monoisotopic (exact) mass is 609 g/mol. The molecule has 3 aromatic rings. The van der Waals surface area contributed by atoms with Gasteiger partial charge in [-0.25, -0.2) is 18.2 Å². The van der Waals surface area contributed by atoms with Gasteiger partial charge in [0.1, 0.15) is 25.6 Å². The summed E-state index contributed by atoms with van der Waals surface area (Å²) in [7, 11) is -4.23. The highest BCUT2D eigenvalue weighted by Gasteiger charge is 2.29. The summed E-state index contributed by atoms with van der Waals surface area (Å²) in [5.41, 5.74) is 3.90. The third kappa shape index (κ3) is 5.90. The van der Waals surface area contributed by atoms with Crippen molar-refractivity contribution in [3.8, 4) is 11.5 Å². The molecule has 4 rings (SSSR count). The van der Waals surface area contributed by atoms with Gasteiger partial charge in [0.15, 0.2) is 11.5 Å². The third-order valence-electron chi connectivity index (χ3n) is 5.09. The minimum Gasteiger partial charge on any atom is -0.486 e. The second-order valence-electron chi connectivity index (χ2n) is 7.54. The predicted octanol–water partition coefficient (Wildman–Crippen LogP) is 3.94. The first-order valence-electron chi connectivity index (χ1n) is 10.5. The number of hydrogen-bond donors (Lipinski definition) is 1. The number of ether oxygens (including phenoxy) is 2. The van der Waals surface area contributed by atoms with Crippen LogP contribution in [0, 0.1) is 9.39 Å². The van der Waals surface area contributed by atoms with Crippen LogP contribution in [0.25, 0.3) is 0 Å². The summed E-state index contributed by atoms with van der Waals surface area (Å²) in [5, 5.41) is 4.10. The number of carbonyl (C=O) groups is 1. The number of anilines is 1. The Morgan fingerprint density at radius 3 is 2.49 bits per heavy atom. The van der Waals surface area contributed by atoms with Gasteiger partial charge in [0.05, 0.1) is 16.3 Å². The van der Waals surface area contributed by atoms with E-state index in [-0.39, 0.29) is 10.6 Å². The highest BCUT2D eigenvalue weighted by molar-refractivity contribution is 14.1. The highest BCUT2D eigenvalue weighted by Crippen LogP contribution is 2.34. The van der Waals surface area contributed by atoms with Crippen LogP contribution in [0.5, 0.6) is 11.5 Å². The highest BCUT2D eigenvalue weighted by atomic mass is 127. The van der Waals surface area contributed by atoms with E-state index >= 15 is 0 Å². The van der Waals surface area contributed by atoms with Crippen molar-refractivity contribution in [3.63, 3.8) is 0 Å². The second-order valence-corrected chi connectivity index (χ2v) is 10.6. The van der Waals surface area contributed by atoms with Gasteiger partial charge in [0, 0.05) is 9.64 Å². The van der Waals surface area contributed by atoms with Crippen LogP contribution < -0.4 is 19.2 Å². The molecule has 1 heterocycles. The van der Waals surface area contributed by atoms with Crippen molar-refractivity contribution >= 4 is 49.9 Å². The average molecular weight is 609 g/mol. The summed E-state index contributed by atoms with van der Waals surface area (Å²) in [4.78, 5) is 12.7. The van der Waals surface area contributed by atoms with E-state index in [2.05, 4.69) is 33.1 Å². The maximum atomic E-state index is 13.6. The molecule has 0 aliphatic carbocycles. The molecule has 11 heteroatoms. The van der Waals surface area contributed by atoms with Crippen molar-refractivity contribution in [2.45, 2.75) is 11.8 Å². The Bertz CT molecular complexity index is 1380. The van der Waals surface area contributed by atoms with E-state index in [4.69, 9.17) is 9.47 Å². The van der Waals surface area contributed by atoms with E-state index in [0.717, 1.165) is 25.6 Å². The number of rotatable bonds is 7. The maximum Gasteiger partial charge on any atom is 0.264 e. The van der Waals surface area contributed by atoms with Crippen LogP contribution in [-0.4, -0.2) is 39.8 Å². The molecule has 0 fully saturated rings. The molecule has 1 aliphatic heterocycles.